The van der Waals surface area contributed by atoms with Crippen LogP contribution >= 0.6 is 11.6 Å². The van der Waals surface area contributed by atoms with Gasteiger partial charge in [-0.25, -0.2) is 0 Å². The fourth-order valence-corrected chi connectivity index (χ4v) is 3.58. The second kappa shape index (κ2) is 10.4. The van der Waals surface area contributed by atoms with Crippen LogP contribution in [0.5, 0.6) is 5.75 Å². The van der Waals surface area contributed by atoms with Crippen molar-refractivity contribution in [3.63, 3.8) is 0 Å². The van der Waals surface area contributed by atoms with E-state index in [1.54, 1.807) is 12.1 Å². The van der Waals surface area contributed by atoms with Gasteiger partial charge in [0, 0.05) is 38.4 Å². The number of nitro groups is 1. The van der Waals surface area contributed by atoms with E-state index in [-0.39, 0.29) is 30.7 Å². The molecular weight excluding hydrogens is 455 g/mol. The number of halogens is 4. The van der Waals surface area contributed by atoms with E-state index in [1.165, 1.54) is 15.7 Å². The Hall–Kier alpha value is -2.57. The Balaban J connectivity index is 1.41. The van der Waals surface area contributed by atoms with E-state index in [1.807, 2.05) is 17.0 Å². The molecule has 1 aromatic carbocycles. The minimum atomic E-state index is -4.19. The summed E-state index contributed by atoms with van der Waals surface area (Å²) in [6.07, 6.45) is -3.55. The lowest BCUT2D eigenvalue weighted by Gasteiger charge is -2.36. The number of rotatable bonds is 9. The van der Waals surface area contributed by atoms with Crippen LogP contribution < -0.4 is 9.64 Å². The lowest BCUT2D eigenvalue weighted by molar-refractivity contribution is -0.389. The SMILES string of the molecule is O=[N+]([O-])c1cn(CCC(O)COc2ccc(N3CCN(CC(F)(F)F)CC3)cc2)c(Cl)n1. The molecule has 9 nitrogen and oxygen atoms in total. The van der Waals surface area contributed by atoms with E-state index in [9.17, 15) is 28.4 Å². The number of aliphatic hydroxyl groups excluding tert-OH is 1. The molecule has 32 heavy (non-hydrogen) atoms. The third-order valence-corrected chi connectivity index (χ3v) is 5.33. The zero-order chi connectivity index (χ0) is 23.3. The zero-order valence-corrected chi connectivity index (χ0v) is 17.8. The molecule has 1 unspecified atom stereocenters. The van der Waals surface area contributed by atoms with Gasteiger partial charge in [0.25, 0.3) is 0 Å². The molecule has 1 aliphatic heterocycles. The first-order valence-corrected chi connectivity index (χ1v) is 10.3. The molecule has 1 aromatic heterocycles. The summed E-state index contributed by atoms with van der Waals surface area (Å²) < 4.78 is 44.4. The lowest BCUT2D eigenvalue weighted by Crippen LogP contribution is -2.49. The molecule has 13 heteroatoms. The van der Waals surface area contributed by atoms with E-state index in [0.717, 1.165) is 5.69 Å². The highest BCUT2D eigenvalue weighted by Gasteiger charge is 2.32. The summed E-state index contributed by atoms with van der Waals surface area (Å²) in [5.74, 6) is 0.183. The van der Waals surface area contributed by atoms with Gasteiger partial charge in [0.1, 0.15) is 18.6 Å². The highest BCUT2D eigenvalue weighted by molar-refractivity contribution is 6.28. The number of aliphatic hydroxyl groups is 1. The molecule has 1 atom stereocenters. The fraction of sp³-hybridized carbons (Fsp3) is 0.526. The van der Waals surface area contributed by atoms with Gasteiger partial charge < -0.3 is 24.9 Å². The Bertz CT molecular complexity index is 901. The third kappa shape index (κ3) is 6.97. The molecule has 2 heterocycles. The van der Waals surface area contributed by atoms with Crippen LogP contribution in [0, 0.1) is 10.1 Å². The van der Waals surface area contributed by atoms with Crippen LogP contribution in [0.25, 0.3) is 0 Å². The Morgan fingerprint density at radius 1 is 1.22 bits per heavy atom. The number of aromatic nitrogens is 2. The highest BCUT2D eigenvalue weighted by atomic mass is 35.5. The first-order valence-electron chi connectivity index (χ1n) is 9.93. The Labute approximate surface area is 187 Å². The van der Waals surface area contributed by atoms with Crippen molar-refractivity contribution in [3.8, 4) is 5.75 Å². The van der Waals surface area contributed by atoms with Crippen molar-refractivity contribution >= 4 is 23.1 Å². The van der Waals surface area contributed by atoms with Gasteiger partial charge in [-0.05, 0) is 52.2 Å². The van der Waals surface area contributed by atoms with Gasteiger partial charge in [-0.15, -0.1) is 0 Å². The van der Waals surface area contributed by atoms with Gasteiger partial charge in [0.05, 0.1) is 12.6 Å². The van der Waals surface area contributed by atoms with Crippen LogP contribution in [-0.2, 0) is 6.54 Å². The Kier molecular flexibility index (Phi) is 7.80. The number of hydrogen-bond donors (Lipinski definition) is 1. The molecule has 0 radical (unpaired) electrons. The van der Waals surface area contributed by atoms with Crippen LogP contribution in [0.4, 0.5) is 24.7 Å². The largest absolute Gasteiger partial charge is 0.491 e. The minimum Gasteiger partial charge on any atom is -0.491 e. The maximum absolute atomic E-state index is 12.5. The topological polar surface area (TPSA) is 96.9 Å². The van der Waals surface area contributed by atoms with Gasteiger partial charge in [-0.2, -0.15) is 13.2 Å². The van der Waals surface area contributed by atoms with E-state index >= 15 is 0 Å². The summed E-state index contributed by atoms with van der Waals surface area (Å²) in [4.78, 5) is 17.1. The first-order chi connectivity index (χ1) is 15.1. The van der Waals surface area contributed by atoms with E-state index in [4.69, 9.17) is 16.3 Å². The molecule has 1 fully saturated rings. The number of anilines is 1. The predicted octanol–water partition coefficient (Wildman–Crippen LogP) is 2.96. The molecule has 0 bridgehead atoms. The highest BCUT2D eigenvalue weighted by Crippen LogP contribution is 2.23. The molecule has 1 N–H and O–H groups in total. The Morgan fingerprint density at radius 2 is 1.88 bits per heavy atom. The summed E-state index contributed by atoms with van der Waals surface area (Å²) in [5.41, 5.74) is 0.890. The number of aryl methyl sites for hydroxylation is 1. The molecule has 2 aromatic rings. The first kappa shape index (κ1) is 24.1. The van der Waals surface area contributed by atoms with Crippen molar-refractivity contribution in [2.45, 2.75) is 25.2 Å². The summed E-state index contributed by atoms with van der Waals surface area (Å²) in [6.45, 7) is 1.06. The molecule has 1 aliphatic rings. The van der Waals surface area contributed by atoms with Crippen molar-refractivity contribution in [2.24, 2.45) is 0 Å². The van der Waals surface area contributed by atoms with Crippen molar-refractivity contribution in [2.75, 3.05) is 44.2 Å². The van der Waals surface area contributed by atoms with E-state index in [2.05, 4.69) is 4.98 Å². The number of hydrogen-bond acceptors (Lipinski definition) is 7. The monoisotopic (exact) mass is 477 g/mol. The van der Waals surface area contributed by atoms with Gasteiger partial charge in [0.15, 0.2) is 0 Å². The molecule has 0 amide bonds. The summed E-state index contributed by atoms with van der Waals surface area (Å²) in [6, 6.07) is 7.12. The second-order valence-corrected chi connectivity index (χ2v) is 7.78. The molecule has 0 spiro atoms. The quantitative estimate of drug-likeness (QED) is 0.438. The summed E-state index contributed by atoms with van der Waals surface area (Å²) in [7, 11) is 0. The minimum absolute atomic E-state index is 0.0177. The van der Waals surface area contributed by atoms with Crippen LogP contribution in [0.1, 0.15) is 6.42 Å². The lowest BCUT2D eigenvalue weighted by atomic mass is 10.2. The predicted molar refractivity (Wildman–Crippen MR) is 111 cm³/mol. The Morgan fingerprint density at radius 3 is 2.44 bits per heavy atom. The van der Waals surface area contributed by atoms with Gasteiger partial charge in [-0.1, -0.05) is 0 Å². The molecule has 3 rings (SSSR count). The van der Waals surface area contributed by atoms with Crippen molar-refractivity contribution in [1.29, 1.82) is 0 Å². The average molecular weight is 478 g/mol. The third-order valence-electron chi connectivity index (χ3n) is 5.02. The second-order valence-electron chi connectivity index (χ2n) is 7.44. The van der Waals surface area contributed by atoms with Crippen molar-refractivity contribution < 1.29 is 27.9 Å². The number of benzene rings is 1. The standard InChI is InChI=1S/C19H23ClF3N5O4/c20-18-24-17(28(30)31)11-27(18)6-5-15(29)12-32-16-3-1-14(2-4-16)26-9-7-25(8-10-26)13-19(21,22)23/h1-4,11,15,29H,5-10,12-13H2. The van der Waals surface area contributed by atoms with Crippen molar-refractivity contribution in [3.05, 3.63) is 45.9 Å². The number of alkyl halides is 3. The molecule has 0 aliphatic carbocycles. The maximum Gasteiger partial charge on any atom is 0.401 e. The zero-order valence-electron chi connectivity index (χ0n) is 17.0. The number of imidazole rings is 1. The van der Waals surface area contributed by atoms with E-state index in [0.29, 0.717) is 31.9 Å². The van der Waals surface area contributed by atoms with Crippen LogP contribution in [-0.4, -0.2) is 76.1 Å². The van der Waals surface area contributed by atoms with E-state index < -0.39 is 23.7 Å². The molecular formula is C19H23ClF3N5O4. The van der Waals surface area contributed by atoms with Crippen LogP contribution in [0.15, 0.2) is 30.5 Å². The maximum atomic E-state index is 12.5. The number of ether oxygens (including phenoxy) is 1. The smallest absolute Gasteiger partial charge is 0.401 e. The molecule has 176 valence electrons. The van der Waals surface area contributed by atoms with Gasteiger partial charge >= 0.3 is 17.3 Å². The average Bonchev–Trinajstić information content (AvgIpc) is 3.11. The molecule has 0 saturated carbocycles. The summed E-state index contributed by atoms with van der Waals surface area (Å²) >= 11 is 5.84. The van der Waals surface area contributed by atoms with Crippen LogP contribution in [0.3, 0.4) is 0 Å². The number of nitrogens with zero attached hydrogens (tertiary/aromatic N) is 5. The normalized spacial score (nSPS) is 16.2. The van der Waals surface area contributed by atoms with Gasteiger partial charge in [-0.3, -0.25) is 9.47 Å². The fourth-order valence-electron chi connectivity index (χ4n) is 3.36. The van der Waals surface area contributed by atoms with Gasteiger partial charge in [0.2, 0.25) is 0 Å². The molecule has 1 saturated heterocycles. The van der Waals surface area contributed by atoms with Crippen LogP contribution in [0.2, 0.25) is 5.28 Å². The van der Waals surface area contributed by atoms with Crippen molar-refractivity contribution in [1.82, 2.24) is 14.5 Å². The summed E-state index contributed by atoms with van der Waals surface area (Å²) in [5, 5.41) is 20.8. The number of piperazine rings is 1.